The van der Waals surface area contributed by atoms with E-state index in [2.05, 4.69) is 9.80 Å². The fraction of sp³-hybridized carbons (Fsp3) is 0.250. The molecule has 4 aromatic rings. The number of halogens is 2. The van der Waals surface area contributed by atoms with Crippen molar-refractivity contribution < 1.29 is 18.3 Å². The SMILES string of the molecule is Cc1cc(O)c([C@H](c2ccc(F)cc2)N2CCN(c3ccc(F)cc3)CC2)c(=O)n1Cc1ccco1. The van der Waals surface area contributed by atoms with E-state index < -0.39 is 6.04 Å². The summed E-state index contributed by atoms with van der Waals surface area (Å²) in [4.78, 5) is 18.1. The van der Waals surface area contributed by atoms with Gasteiger partial charge in [-0.05, 0) is 67.1 Å². The molecule has 0 amide bonds. The lowest BCUT2D eigenvalue weighted by Crippen LogP contribution is -2.49. The Balaban J connectivity index is 1.51. The zero-order chi connectivity index (χ0) is 25.2. The lowest BCUT2D eigenvalue weighted by atomic mass is 9.96. The molecule has 1 atom stereocenters. The van der Waals surface area contributed by atoms with Crippen LogP contribution >= 0.6 is 0 Å². The quantitative estimate of drug-likeness (QED) is 0.424. The van der Waals surface area contributed by atoms with Crippen LogP contribution < -0.4 is 10.5 Å². The van der Waals surface area contributed by atoms with Crippen LogP contribution in [0.3, 0.4) is 0 Å². The molecule has 0 radical (unpaired) electrons. The number of aromatic hydroxyl groups is 1. The number of hydrogen-bond acceptors (Lipinski definition) is 5. The molecule has 186 valence electrons. The van der Waals surface area contributed by atoms with Crippen molar-refractivity contribution in [1.29, 1.82) is 0 Å². The highest BCUT2D eigenvalue weighted by molar-refractivity contribution is 5.47. The monoisotopic (exact) mass is 491 g/mol. The van der Waals surface area contributed by atoms with Crippen LogP contribution in [0.5, 0.6) is 5.75 Å². The summed E-state index contributed by atoms with van der Waals surface area (Å²) in [7, 11) is 0. The summed E-state index contributed by atoms with van der Waals surface area (Å²) in [6, 6.07) is 17.0. The van der Waals surface area contributed by atoms with Crippen molar-refractivity contribution in [3.63, 3.8) is 0 Å². The number of aromatic nitrogens is 1. The minimum atomic E-state index is -0.572. The third-order valence-corrected chi connectivity index (χ3v) is 6.75. The lowest BCUT2D eigenvalue weighted by Gasteiger charge is -2.40. The number of anilines is 1. The van der Waals surface area contributed by atoms with Crippen molar-refractivity contribution in [2.24, 2.45) is 0 Å². The van der Waals surface area contributed by atoms with Gasteiger partial charge < -0.3 is 19.0 Å². The van der Waals surface area contributed by atoms with Crippen LogP contribution in [0.2, 0.25) is 0 Å². The molecular formula is C28H27F2N3O3. The van der Waals surface area contributed by atoms with Crippen molar-refractivity contribution in [2.75, 3.05) is 31.1 Å². The molecule has 0 bridgehead atoms. The number of rotatable bonds is 6. The van der Waals surface area contributed by atoms with Crippen LogP contribution in [0.4, 0.5) is 14.5 Å². The Hall–Kier alpha value is -3.91. The summed E-state index contributed by atoms with van der Waals surface area (Å²) in [5, 5.41) is 11.0. The average Bonchev–Trinajstić information content (AvgIpc) is 3.39. The Labute approximate surface area is 207 Å². The van der Waals surface area contributed by atoms with Crippen molar-refractivity contribution in [1.82, 2.24) is 9.47 Å². The molecule has 1 aliphatic heterocycles. The number of furan rings is 1. The Kier molecular flexibility index (Phi) is 6.61. The number of piperazine rings is 1. The van der Waals surface area contributed by atoms with Gasteiger partial charge in [0.05, 0.1) is 24.4 Å². The first kappa shape index (κ1) is 23.8. The van der Waals surface area contributed by atoms with Gasteiger partial charge in [-0.15, -0.1) is 0 Å². The van der Waals surface area contributed by atoms with Crippen molar-refractivity contribution >= 4 is 5.69 Å². The van der Waals surface area contributed by atoms with E-state index in [4.69, 9.17) is 4.42 Å². The van der Waals surface area contributed by atoms with Crippen LogP contribution in [0, 0.1) is 18.6 Å². The van der Waals surface area contributed by atoms with E-state index in [9.17, 15) is 18.7 Å². The molecule has 1 aliphatic rings. The van der Waals surface area contributed by atoms with E-state index in [0.717, 1.165) is 5.69 Å². The number of hydrogen-bond donors (Lipinski definition) is 1. The summed E-state index contributed by atoms with van der Waals surface area (Å²) in [6.45, 7) is 4.48. The zero-order valence-corrected chi connectivity index (χ0v) is 19.9. The average molecular weight is 492 g/mol. The van der Waals surface area contributed by atoms with Gasteiger partial charge in [0.1, 0.15) is 23.1 Å². The zero-order valence-electron chi connectivity index (χ0n) is 19.9. The predicted molar refractivity (Wildman–Crippen MR) is 133 cm³/mol. The van der Waals surface area contributed by atoms with E-state index in [1.54, 1.807) is 60.2 Å². The highest BCUT2D eigenvalue weighted by atomic mass is 19.1. The summed E-state index contributed by atoms with van der Waals surface area (Å²) < 4.78 is 34.2. The predicted octanol–water partition coefficient (Wildman–Crippen LogP) is 4.69. The Bertz CT molecular complexity index is 1380. The summed E-state index contributed by atoms with van der Waals surface area (Å²) in [5.74, 6) is -0.122. The largest absolute Gasteiger partial charge is 0.507 e. The molecule has 0 aliphatic carbocycles. The van der Waals surface area contributed by atoms with Crippen LogP contribution in [0.25, 0.3) is 0 Å². The molecular weight excluding hydrogens is 464 g/mol. The maximum absolute atomic E-state index is 13.8. The lowest BCUT2D eigenvalue weighted by molar-refractivity contribution is 0.207. The molecule has 0 saturated carbocycles. The molecule has 1 saturated heterocycles. The Morgan fingerprint density at radius 3 is 2.19 bits per heavy atom. The second-order valence-corrected chi connectivity index (χ2v) is 9.01. The Morgan fingerprint density at radius 1 is 0.944 bits per heavy atom. The fourth-order valence-electron chi connectivity index (χ4n) is 4.88. The fourth-order valence-corrected chi connectivity index (χ4v) is 4.88. The van der Waals surface area contributed by atoms with Gasteiger partial charge in [-0.25, -0.2) is 8.78 Å². The molecule has 3 heterocycles. The highest BCUT2D eigenvalue weighted by Gasteiger charge is 2.31. The van der Waals surface area contributed by atoms with Gasteiger partial charge >= 0.3 is 0 Å². The van der Waals surface area contributed by atoms with Crippen LogP contribution in [0.15, 0.2) is 82.2 Å². The van der Waals surface area contributed by atoms with Crippen molar-refractivity contribution in [3.05, 3.63) is 118 Å². The molecule has 2 aromatic heterocycles. The number of pyridine rings is 1. The second-order valence-electron chi connectivity index (χ2n) is 9.01. The van der Waals surface area contributed by atoms with Crippen LogP contribution in [0.1, 0.15) is 28.6 Å². The van der Waals surface area contributed by atoms with Crippen molar-refractivity contribution in [3.8, 4) is 5.75 Å². The molecule has 1 N–H and O–H groups in total. The summed E-state index contributed by atoms with van der Waals surface area (Å²) in [5.41, 5.74) is 2.17. The normalized spacial score (nSPS) is 15.2. The van der Waals surface area contributed by atoms with Gasteiger partial charge in [-0.2, -0.15) is 0 Å². The van der Waals surface area contributed by atoms with Crippen molar-refractivity contribution in [2.45, 2.75) is 19.5 Å². The third-order valence-electron chi connectivity index (χ3n) is 6.75. The number of benzene rings is 2. The van der Waals surface area contributed by atoms with Gasteiger partial charge in [-0.1, -0.05) is 12.1 Å². The van der Waals surface area contributed by atoms with E-state index in [-0.39, 0.29) is 35.1 Å². The Morgan fingerprint density at radius 2 is 1.58 bits per heavy atom. The first-order chi connectivity index (χ1) is 17.4. The van der Waals surface area contributed by atoms with Gasteiger partial charge in [-0.3, -0.25) is 9.69 Å². The number of aryl methyl sites for hydroxylation is 1. The molecule has 1 fully saturated rings. The molecule has 2 aromatic carbocycles. The molecule has 0 unspecified atom stereocenters. The maximum atomic E-state index is 13.8. The second kappa shape index (κ2) is 9.99. The molecule has 5 rings (SSSR count). The number of nitrogens with zero attached hydrogens (tertiary/aromatic N) is 3. The van der Waals surface area contributed by atoms with Crippen LogP contribution in [-0.2, 0) is 6.54 Å². The molecule has 36 heavy (non-hydrogen) atoms. The molecule has 6 nitrogen and oxygen atoms in total. The minimum absolute atomic E-state index is 0.0940. The highest BCUT2D eigenvalue weighted by Crippen LogP contribution is 2.34. The van der Waals surface area contributed by atoms with Gasteiger partial charge in [0, 0.05) is 37.6 Å². The third kappa shape index (κ3) is 4.77. The minimum Gasteiger partial charge on any atom is -0.507 e. The van der Waals surface area contributed by atoms with E-state index in [0.29, 0.717) is 43.2 Å². The standard InChI is InChI=1S/C28H27F2N3O3/c1-19-17-25(34)26(28(35)33(19)18-24-3-2-16-36-24)27(20-4-6-21(29)7-5-20)32-14-12-31(13-15-32)23-10-8-22(30)9-11-23/h2-11,16-17,27,34H,12-15,18H2,1H3/t27-/m0/s1. The first-order valence-electron chi connectivity index (χ1n) is 11.9. The van der Waals surface area contributed by atoms with E-state index in [1.165, 1.54) is 24.3 Å². The van der Waals surface area contributed by atoms with Gasteiger partial charge in [0.25, 0.3) is 5.56 Å². The molecule has 8 heteroatoms. The van der Waals surface area contributed by atoms with E-state index in [1.807, 2.05) is 0 Å². The summed E-state index contributed by atoms with van der Waals surface area (Å²) >= 11 is 0. The van der Waals surface area contributed by atoms with Gasteiger partial charge in [0.2, 0.25) is 0 Å². The smallest absolute Gasteiger partial charge is 0.260 e. The van der Waals surface area contributed by atoms with Gasteiger partial charge in [0.15, 0.2) is 0 Å². The summed E-state index contributed by atoms with van der Waals surface area (Å²) in [6.07, 6.45) is 1.55. The topological polar surface area (TPSA) is 61.9 Å². The van der Waals surface area contributed by atoms with E-state index >= 15 is 0 Å². The maximum Gasteiger partial charge on any atom is 0.260 e. The van der Waals surface area contributed by atoms with Crippen LogP contribution in [-0.4, -0.2) is 40.8 Å². The molecule has 0 spiro atoms. The first-order valence-corrected chi connectivity index (χ1v) is 11.9.